The van der Waals surface area contributed by atoms with Crippen molar-refractivity contribution >= 4 is 5.97 Å². The van der Waals surface area contributed by atoms with Crippen LogP contribution >= 0.6 is 0 Å². The zero-order chi connectivity index (χ0) is 20.8. The van der Waals surface area contributed by atoms with E-state index in [4.69, 9.17) is 15.2 Å². The molecule has 4 heteroatoms. The first-order valence-corrected chi connectivity index (χ1v) is 9.97. The van der Waals surface area contributed by atoms with Crippen molar-refractivity contribution in [1.29, 1.82) is 0 Å². The van der Waals surface area contributed by atoms with Gasteiger partial charge in [-0.05, 0) is 61.3 Å². The van der Waals surface area contributed by atoms with E-state index >= 15 is 0 Å². The first kappa shape index (κ1) is 23.6. The molecule has 0 saturated heterocycles. The maximum atomic E-state index is 12.6. The highest BCUT2D eigenvalue weighted by molar-refractivity contribution is 5.89. The van der Waals surface area contributed by atoms with E-state index in [1.54, 1.807) is 0 Å². The molecular formula is C23H39NO3. The Morgan fingerprint density at radius 3 is 1.89 bits per heavy atom. The molecule has 0 aromatic heterocycles. The van der Waals surface area contributed by atoms with Gasteiger partial charge in [0.1, 0.15) is 0 Å². The van der Waals surface area contributed by atoms with Gasteiger partial charge in [0, 0.05) is 6.42 Å². The van der Waals surface area contributed by atoms with Crippen LogP contribution in [-0.2, 0) is 9.47 Å². The van der Waals surface area contributed by atoms with Gasteiger partial charge in [0.2, 0.25) is 6.29 Å². The Morgan fingerprint density at radius 2 is 1.48 bits per heavy atom. The lowest BCUT2D eigenvalue weighted by Gasteiger charge is -2.27. The lowest BCUT2D eigenvalue weighted by Crippen LogP contribution is -2.29. The number of nitrogens with two attached hydrogens (primary N) is 1. The first-order valence-electron chi connectivity index (χ1n) is 9.97. The Hall–Kier alpha value is -1.39. The monoisotopic (exact) mass is 377 g/mol. The van der Waals surface area contributed by atoms with Gasteiger partial charge >= 0.3 is 5.97 Å². The van der Waals surface area contributed by atoms with Crippen LogP contribution < -0.4 is 5.73 Å². The minimum atomic E-state index is -0.546. The Balaban J connectivity index is 2.85. The normalized spacial score (nSPS) is 14.9. The smallest absolute Gasteiger partial charge is 0.340 e. The molecule has 2 N–H and O–H groups in total. The second-order valence-corrected chi connectivity index (χ2v) is 10.1. The minimum absolute atomic E-state index is 0.00441. The van der Waals surface area contributed by atoms with Crippen molar-refractivity contribution in [2.45, 2.75) is 86.5 Å². The van der Waals surface area contributed by atoms with Gasteiger partial charge in [-0.1, -0.05) is 53.7 Å². The summed E-state index contributed by atoms with van der Waals surface area (Å²) in [5.74, 6) is -0.0652. The molecule has 0 amide bonds. The van der Waals surface area contributed by atoms with Gasteiger partial charge in [0.25, 0.3) is 0 Å². The standard InChI is InChI=1S/C23H39NO3/c1-16(2)26-20(14-23(6,7)8)27-21(25)18-11-9-17(10-12-18)19(15-24)13-22(3,4)5/h9-12,16,19-20H,13-15,24H2,1-8H3. The van der Waals surface area contributed by atoms with Crippen molar-refractivity contribution in [3.05, 3.63) is 35.4 Å². The molecule has 0 radical (unpaired) electrons. The van der Waals surface area contributed by atoms with E-state index in [9.17, 15) is 4.79 Å². The average molecular weight is 378 g/mol. The molecule has 2 unspecified atom stereocenters. The van der Waals surface area contributed by atoms with Gasteiger partial charge in [0.15, 0.2) is 0 Å². The summed E-state index contributed by atoms with van der Waals surface area (Å²) in [6.07, 6.45) is 1.10. The second-order valence-electron chi connectivity index (χ2n) is 10.1. The number of ether oxygens (including phenoxy) is 2. The summed E-state index contributed by atoms with van der Waals surface area (Å²) < 4.78 is 11.4. The lowest BCUT2D eigenvalue weighted by molar-refractivity contribution is -0.146. The van der Waals surface area contributed by atoms with Gasteiger partial charge in [-0.3, -0.25) is 0 Å². The highest BCUT2D eigenvalue weighted by Gasteiger charge is 2.25. The average Bonchev–Trinajstić information content (AvgIpc) is 2.49. The van der Waals surface area contributed by atoms with Crippen molar-refractivity contribution < 1.29 is 14.3 Å². The fourth-order valence-electron chi connectivity index (χ4n) is 3.08. The summed E-state index contributed by atoms with van der Waals surface area (Å²) >= 11 is 0. The van der Waals surface area contributed by atoms with E-state index in [1.165, 1.54) is 0 Å². The predicted octanol–water partition coefficient (Wildman–Crippen LogP) is 5.51. The quantitative estimate of drug-likeness (QED) is 0.479. The number of rotatable bonds is 8. The molecule has 0 fully saturated rings. The highest BCUT2D eigenvalue weighted by atomic mass is 16.7. The van der Waals surface area contributed by atoms with Gasteiger partial charge < -0.3 is 15.2 Å². The fourth-order valence-corrected chi connectivity index (χ4v) is 3.08. The molecule has 0 saturated carbocycles. The van der Waals surface area contributed by atoms with Crippen LogP contribution in [0.4, 0.5) is 0 Å². The highest BCUT2D eigenvalue weighted by Crippen LogP contribution is 2.31. The third kappa shape index (κ3) is 9.39. The zero-order valence-electron chi connectivity index (χ0n) is 18.5. The van der Waals surface area contributed by atoms with E-state index < -0.39 is 6.29 Å². The molecule has 0 spiro atoms. The van der Waals surface area contributed by atoms with Crippen LogP contribution in [-0.4, -0.2) is 24.9 Å². The lowest BCUT2D eigenvalue weighted by atomic mass is 9.81. The molecule has 0 aliphatic rings. The third-order valence-electron chi connectivity index (χ3n) is 4.20. The van der Waals surface area contributed by atoms with E-state index in [0.717, 1.165) is 12.0 Å². The Kier molecular flexibility index (Phi) is 8.49. The van der Waals surface area contributed by atoms with Crippen molar-refractivity contribution in [2.24, 2.45) is 16.6 Å². The molecule has 27 heavy (non-hydrogen) atoms. The number of carbonyl (C=O) groups excluding carboxylic acids is 1. The molecule has 0 aliphatic carbocycles. The number of hydrogen-bond donors (Lipinski definition) is 1. The topological polar surface area (TPSA) is 61.5 Å². The van der Waals surface area contributed by atoms with E-state index in [2.05, 4.69) is 41.5 Å². The number of esters is 1. The molecule has 0 bridgehead atoms. The van der Waals surface area contributed by atoms with Crippen LogP contribution in [0.25, 0.3) is 0 Å². The van der Waals surface area contributed by atoms with Gasteiger partial charge in [-0.2, -0.15) is 0 Å². The van der Waals surface area contributed by atoms with Crippen LogP contribution in [0, 0.1) is 10.8 Å². The molecule has 1 aromatic rings. The zero-order valence-corrected chi connectivity index (χ0v) is 18.5. The van der Waals surface area contributed by atoms with Crippen LogP contribution in [0.5, 0.6) is 0 Å². The van der Waals surface area contributed by atoms with E-state index in [-0.39, 0.29) is 28.8 Å². The Morgan fingerprint density at radius 1 is 0.963 bits per heavy atom. The first-order chi connectivity index (χ1) is 12.3. The van der Waals surface area contributed by atoms with Crippen LogP contribution in [0.1, 0.15) is 90.1 Å². The summed E-state index contributed by atoms with van der Waals surface area (Å²) in [6, 6.07) is 7.63. The molecule has 4 nitrogen and oxygen atoms in total. The minimum Gasteiger partial charge on any atom is -0.432 e. The largest absolute Gasteiger partial charge is 0.432 e. The maximum Gasteiger partial charge on any atom is 0.340 e. The van der Waals surface area contributed by atoms with Gasteiger partial charge in [-0.25, -0.2) is 4.79 Å². The molecule has 0 aliphatic heterocycles. The van der Waals surface area contributed by atoms with Crippen molar-refractivity contribution in [3.8, 4) is 0 Å². The van der Waals surface area contributed by atoms with Crippen LogP contribution in [0.2, 0.25) is 0 Å². The number of benzene rings is 1. The van der Waals surface area contributed by atoms with Crippen molar-refractivity contribution in [3.63, 3.8) is 0 Å². The summed E-state index contributed by atoms with van der Waals surface area (Å²) in [7, 11) is 0. The van der Waals surface area contributed by atoms with E-state index in [0.29, 0.717) is 18.5 Å². The fraction of sp³-hybridized carbons (Fsp3) is 0.696. The summed E-state index contributed by atoms with van der Waals surface area (Å²) in [6.45, 7) is 17.4. The molecule has 0 heterocycles. The maximum absolute atomic E-state index is 12.6. The molecule has 154 valence electrons. The van der Waals surface area contributed by atoms with E-state index in [1.807, 2.05) is 38.1 Å². The Labute approximate surface area is 165 Å². The molecule has 2 atom stereocenters. The predicted molar refractivity (Wildman–Crippen MR) is 112 cm³/mol. The molecular weight excluding hydrogens is 338 g/mol. The number of carbonyl (C=O) groups is 1. The van der Waals surface area contributed by atoms with Crippen LogP contribution in [0.3, 0.4) is 0 Å². The SMILES string of the molecule is CC(C)OC(CC(C)(C)C)OC(=O)c1ccc(C(CN)CC(C)(C)C)cc1. The van der Waals surface area contributed by atoms with Gasteiger partial charge in [0.05, 0.1) is 11.7 Å². The summed E-state index contributed by atoms with van der Waals surface area (Å²) in [5, 5.41) is 0. The van der Waals surface area contributed by atoms with Crippen LogP contribution in [0.15, 0.2) is 24.3 Å². The number of hydrogen-bond acceptors (Lipinski definition) is 4. The molecule has 1 aromatic carbocycles. The van der Waals surface area contributed by atoms with Crippen molar-refractivity contribution in [2.75, 3.05) is 6.54 Å². The molecule has 1 rings (SSSR count). The van der Waals surface area contributed by atoms with Gasteiger partial charge in [-0.15, -0.1) is 0 Å². The summed E-state index contributed by atoms with van der Waals surface area (Å²) in [4.78, 5) is 12.6. The second kappa shape index (κ2) is 9.70. The van der Waals surface area contributed by atoms with Crippen molar-refractivity contribution in [1.82, 2.24) is 0 Å². The third-order valence-corrected chi connectivity index (χ3v) is 4.20. The summed E-state index contributed by atoms with van der Waals surface area (Å²) in [5.41, 5.74) is 7.88. The Bertz CT molecular complexity index is 579.